The van der Waals surface area contributed by atoms with E-state index in [4.69, 9.17) is 0 Å². The summed E-state index contributed by atoms with van der Waals surface area (Å²) >= 11 is 0. The number of hydrogen-bond donors (Lipinski definition) is 1. The van der Waals surface area contributed by atoms with Gasteiger partial charge in [-0.25, -0.2) is 0 Å². The Bertz CT molecular complexity index is 531. The molecule has 0 heterocycles. The predicted octanol–water partition coefficient (Wildman–Crippen LogP) is 1.80. The van der Waals surface area contributed by atoms with Crippen molar-refractivity contribution >= 4 is 17.3 Å². The van der Waals surface area contributed by atoms with Gasteiger partial charge in [0.15, 0.2) is 0 Å². The lowest BCUT2D eigenvalue weighted by Crippen LogP contribution is -2.33. The SMILES string of the molecule is CNC(=O)CN(C)c1ccc(C(F)(F)F)cc1[N+](=O)[O-]. The Balaban J connectivity index is 3.20. The molecule has 0 radical (unpaired) electrons. The number of alkyl halides is 3. The van der Waals surface area contributed by atoms with Crippen LogP contribution in [0, 0.1) is 10.1 Å². The second kappa shape index (κ2) is 5.76. The lowest BCUT2D eigenvalue weighted by Gasteiger charge is -2.19. The molecule has 110 valence electrons. The van der Waals surface area contributed by atoms with Crippen LogP contribution >= 0.6 is 0 Å². The van der Waals surface area contributed by atoms with Crippen molar-refractivity contribution in [2.45, 2.75) is 6.18 Å². The molecule has 1 N–H and O–H groups in total. The third kappa shape index (κ3) is 3.59. The maximum atomic E-state index is 12.5. The van der Waals surface area contributed by atoms with E-state index in [-0.39, 0.29) is 12.2 Å². The van der Waals surface area contributed by atoms with Crippen molar-refractivity contribution in [1.82, 2.24) is 5.32 Å². The van der Waals surface area contributed by atoms with Gasteiger partial charge in [0.25, 0.3) is 5.69 Å². The van der Waals surface area contributed by atoms with Crippen LogP contribution in [-0.4, -0.2) is 31.5 Å². The molecule has 20 heavy (non-hydrogen) atoms. The van der Waals surface area contributed by atoms with Gasteiger partial charge in [-0.2, -0.15) is 13.2 Å². The Hall–Kier alpha value is -2.32. The lowest BCUT2D eigenvalue weighted by atomic mass is 10.1. The summed E-state index contributed by atoms with van der Waals surface area (Å²) in [7, 11) is 2.77. The second-order valence-electron chi connectivity index (χ2n) is 3.99. The molecule has 0 aliphatic rings. The van der Waals surface area contributed by atoms with Gasteiger partial charge in [0.1, 0.15) is 5.69 Å². The fourth-order valence-electron chi connectivity index (χ4n) is 1.55. The van der Waals surface area contributed by atoms with E-state index in [0.29, 0.717) is 6.07 Å². The number of nitrogens with one attached hydrogen (secondary N) is 1. The number of carbonyl (C=O) groups is 1. The Kier molecular flexibility index (Phi) is 4.53. The highest BCUT2D eigenvalue weighted by molar-refractivity contribution is 5.82. The number of nitrogens with zero attached hydrogens (tertiary/aromatic N) is 2. The minimum absolute atomic E-state index is 0.0633. The van der Waals surface area contributed by atoms with Gasteiger partial charge in [-0.3, -0.25) is 14.9 Å². The Morgan fingerprint density at radius 1 is 1.45 bits per heavy atom. The largest absolute Gasteiger partial charge is 0.416 e. The highest BCUT2D eigenvalue weighted by atomic mass is 19.4. The van der Waals surface area contributed by atoms with Crippen molar-refractivity contribution in [2.24, 2.45) is 0 Å². The number of halogens is 3. The Labute approximate surface area is 112 Å². The van der Waals surface area contributed by atoms with E-state index >= 15 is 0 Å². The number of carbonyl (C=O) groups excluding carboxylic acids is 1. The van der Waals surface area contributed by atoms with E-state index in [1.54, 1.807) is 0 Å². The number of benzene rings is 1. The molecule has 6 nitrogen and oxygen atoms in total. The molecule has 0 aliphatic heterocycles. The van der Waals surface area contributed by atoms with E-state index in [0.717, 1.165) is 12.1 Å². The molecule has 0 saturated carbocycles. The van der Waals surface area contributed by atoms with E-state index in [9.17, 15) is 28.1 Å². The Morgan fingerprint density at radius 3 is 2.50 bits per heavy atom. The zero-order valence-corrected chi connectivity index (χ0v) is 10.7. The molecule has 9 heteroatoms. The van der Waals surface area contributed by atoms with Crippen LogP contribution in [-0.2, 0) is 11.0 Å². The third-order valence-electron chi connectivity index (χ3n) is 2.57. The van der Waals surface area contributed by atoms with Crippen LogP contribution in [0.25, 0.3) is 0 Å². The molecule has 1 rings (SSSR count). The van der Waals surface area contributed by atoms with E-state index in [1.807, 2.05) is 0 Å². The van der Waals surface area contributed by atoms with Crippen LogP contribution in [0.4, 0.5) is 24.5 Å². The summed E-state index contributed by atoms with van der Waals surface area (Å²) in [6.45, 7) is -0.206. The fourth-order valence-corrected chi connectivity index (χ4v) is 1.55. The summed E-state index contributed by atoms with van der Waals surface area (Å²) < 4.78 is 37.6. The Morgan fingerprint density at radius 2 is 2.05 bits per heavy atom. The molecule has 1 amide bonds. The molecule has 0 saturated heterocycles. The zero-order chi connectivity index (χ0) is 15.5. The summed E-state index contributed by atoms with van der Waals surface area (Å²) in [5.41, 5.74) is -1.88. The first-order valence-electron chi connectivity index (χ1n) is 5.44. The molecular weight excluding hydrogens is 279 g/mol. The van der Waals surface area contributed by atoms with Crippen molar-refractivity contribution < 1.29 is 22.9 Å². The van der Waals surface area contributed by atoms with Gasteiger partial charge in [0, 0.05) is 20.2 Å². The van der Waals surface area contributed by atoms with Crippen LogP contribution < -0.4 is 10.2 Å². The number of anilines is 1. The molecule has 0 bridgehead atoms. The normalized spacial score (nSPS) is 11.1. The molecule has 0 unspecified atom stereocenters. The molecule has 0 fully saturated rings. The van der Waals surface area contributed by atoms with Crippen molar-refractivity contribution in [1.29, 1.82) is 0 Å². The minimum atomic E-state index is -4.66. The molecule has 0 spiro atoms. The number of likely N-dealkylation sites (N-methyl/N-ethyl adjacent to an activating group) is 2. The quantitative estimate of drug-likeness (QED) is 0.678. The molecule has 1 aromatic carbocycles. The highest BCUT2D eigenvalue weighted by Gasteiger charge is 2.33. The molecule has 0 aromatic heterocycles. The first kappa shape index (κ1) is 15.7. The molecule has 0 aliphatic carbocycles. The van der Waals surface area contributed by atoms with Crippen LogP contribution in [0.2, 0.25) is 0 Å². The maximum Gasteiger partial charge on any atom is 0.416 e. The number of nitro groups is 1. The maximum absolute atomic E-state index is 12.5. The first-order chi connectivity index (χ1) is 9.16. The average Bonchev–Trinajstić information content (AvgIpc) is 2.36. The van der Waals surface area contributed by atoms with Gasteiger partial charge in [0.05, 0.1) is 17.0 Å². The van der Waals surface area contributed by atoms with Crippen LogP contribution in [0.3, 0.4) is 0 Å². The summed E-state index contributed by atoms with van der Waals surface area (Å²) in [5.74, 6) is -0.415. The highest BCUT2D eigenvalue weighted by Crippen LogP contribution is 2.36. The van der Waals surface area contributed by atoms with E-state index < -0.39 is 28.3 Å². The van der Waals surface area contributed by atoms with Gasteiger partial charge in [0.2, 0.25) is 5.91 Å². The fraction of sp³-hybridized carbons (Fsp3) is 0.364. The van der Waals surface area contributed by atoms with Crippen LogP contribution in [0.15, 0.2) is 18.2 Å². The first-order valence-corrected chi connectivity index (χ1v) is 5.44. The number of nitro benzene ring substituents is 1. The topological polar surface area (TPSA) is 75.5 Å². The number of amides is 1. The predicted molar refractivity (Wildman–Crippen MR) is 65.4 cm³/mol. The van der Waals surface area contributed by atoms with E-state index in [1.165, 1.54) is 19.0 Å². The molecule has 1 aromatic rings. The summed E-state index contributed by atoms with van der Waals surface area (Å²) in [6, 6.07) is 2.17. The van der Waals surface area contributed by atoms with Gasteiger partial charge in [-0.1, -0.05) is 0 Å². The summed E-state index contributed by atoms with van der Waals surface area (Å²) in [5, 5.41) is 13.2. The van der Waals surface area contributed by atoms with Crippen molar-refractivity contribution in [3.05, 3.63) is 33.9 Å². The monoisotopic (exact) mass is 291 g/mol. The van der Waals surface area contributed by atoms with Crippen molar-refractivity contribution in [2.75, 3.05) is 25.5 Å². The van der Waals surface area contributed by atoms with Crippen molar-refractivity contribution in [3.8, 4) is 0 Å². The minimum Gasteiger partial charge on any atom is -0.360 e. The second-order valence-corrected chi connectivity index (χ2v) is 3.99. The zero-order valence-electron chi connectivity index (χ0n) is 10.7. The summed E-state index contributed by atoms with van der Waals surface area (Å²) in [4.78, 5) is 22.4. The smallest absolute Gasteiger partial charge is 0.360 e. The molecule has 0 atom stereocenters. The third-order valence-corrected chi connectivity index (χ3v) is 2.57. The van der Waals surface area contributed by atoms with Gasteiger partial charge in [-0.05, 0) is 12.1 Å². The average molecular weight is 291 g/mol. The van der Waals surface area contributed by atoms with Gasteiger partial charge < -0.3 is 10.2 Å². The molecular formula is C11H12F3N3O3. The van der Waals surface area contributed by atoms with Gasteiger partial charge >= 0.3 is 6.18 Å². The van der Waals surface area contributed by atoms with Crippen LogP contribution in [0.5, 0.6) is 0 Å². The summed E-state index contributed by atoms with van der Waals surface area (Å²) in [6.07, 6.45) is -4.66. The standard InChI is InChI=1S/C11H12F3N3O3/c1-15-10(18)6-16(2)8-4-3-7(11(12,13)14)5-9(8)17(19)20/h3-5H,6H2,1-2H3,(H,15,18). The van der Waals surface area contributed by atoms with Gasteiger partial charge in [-0.15, -0.1) is 0 Å². The number of hydrogen-bond acceptors (Lipinski definition) is 4. The number of rotatable bonds is 4. The van der Waals surface area contributed by atoms with Crippen LogP contribution in [0.1, 0.15) is 5.56 Å². The lowest BCUT2D eigenvalue weighted by molar-refractivity contribution is -0.384. The van der Waals surface area contributed by atoms with E-state index in [2.05, 4.69) is 5.32 Å². The van der Waals surface area contributed by atoms with Crippen molar-refractivity contribution in [3.63, 3.8) is 0 Å².